The first-order valence-electron chi connectivity index (χ1n) is 10.4. The number of hydrogen-bond acceptors (Lipinski definition) is 10. The number of imide groups is 2. The zero-order chi connectivity index (χ0) is 23.8. The van der Waals surface area contributed by atoms with E-state index in [0.29, 0.717) is 5.82 Å². The monoisotopic (exact) mass is 478 g/mol. The van der Waals surface area contributed by atoms with Crippen molar-refractivity contribution in [1.82, 2.24) is 29.6 Å². The second-order valence-corrected chi connectivity index (χ2v) is 8.53. The van der Waals surface area contributed by atoms with Crippen LogP contribution in [0.3, 0.4) is 0 Å². The number of carbonyl (C=O) groups excluding carboxylic acids is 4. The van der Waals surface area contributed by atoms with Gasteiger partial charge < -0.3 is 9.42 Å². The Morgan fingerprint density at radius 1 is 1.21 bits per heavy atom. The number of carbonyl (C=O) groups is 4. The van der Waals surface area contributed by atoms with E-state index in [1.807, 2.05) is 29.6 Å². The molecule has 12 heteroatoms. The molecule has 0 saturated carbocycles. The van der Waals surface area contributed by atoms with E-state index < -0.39 is 29.7 Å². The number of aromatic nitrogens is 3. The maximum Gasteiger partial charge on any atom is 0.277 e. The molecule has 1 saturated heterocycles. The summed E-state index contributed by atoms with van der Waals surface area (Å²) < 4.78 is 9.48. The summed E-state index contributed by atoms with van der Waals surface area (Å²) in [5.41, 5.74) is 2.83. The average Bonchev–Trinajstić information content (AvgIpc) is 3.56. The summed E-state index contributed by atoms with van der Waals surface area (Å²) in [6, 6.07) is 6.64. The fourth-order valence-corrected chi connectivity index (χ4v) is 4.42. The van der Waals surface area contributed by atoms with Crippen LogP contribution < -0.4 is 5.32 Å². The van der Waals surface area contributed by atoms with Gasteiger partial charge >= 0.3 is 0 Å². The van der Waals surface area contributed by atoms with Crippen LogP contribution in [0, 0.1) is 0 Å². The van der Waals surface area contributed by atoms with Crippen molar-refractivity contribution in [2.24, 2.45) is 0 Å². The quantitative estimate of drug-likeness (QED) is 0.520. The van der Waals surface area contributed by atoms with Crippen molar-refractivity contribution >= 4 is 35.2 Å². The van der Waals surface area contributed by atoms with E-state index in [0.717, 1.165) is 21.6 Å². The Labute approximate surface area is 197 Å². The van der Waals surface area contributed by atoms with Gasteiger partial charge in [0.1, 0.15) is 11.7 Å². The molecule has 0 spiro atoms. The van der Waals surface area contributed by atoms with Crippen molar-refractivity contribution < 1.29 is 23.7 Å². The van der Waals surface area contributed by atoms with Crippen LogP contribution in [0.1, 0.15) is 18.7 Å². The topological polar surface area (TPSA) is 139 Å². The van der Waals surface area contributed by atoms with Crippen LogP contribution in [-0.4, -0.2) is 61.0 Å². The Morgan fingerprint density at radius 2 is 2.03 bits per heavy atom. The normalized spacial score (nSPS) is 18.3. The third-order valence-electron chi connectivity index (χ3n) is 5.60. The summed E-state index contributed by atoms with van der Waals surface area (Å²) in [5.74, 6) is -1.65. The number of rotatable bonds is 6. The van der Waals surface area contributed by atoms with E-state index in [1.54, 1.807) is 13.2 Å². The van der Waals surface area contributed by atoms with Crippen LogP contribution >= 0.6 is 11.5 Å². The molecule has 172 valence electrons. The first-order chi connectivity index (χ1) is 16.4. The van der Waals surface area contributed by atoms with E-state index in [2.05, 4.69) is 19.8 Å². The Bertz CT molecular complexity index is 1330. The molecule has 0 bridgehead atoms. The first-order valence-corrected chi connectivity index (χ1v) is 11.2. The summed E-state index contributed by atoms with van der Waals surface area (Å²) in [5, 5.41) is 8.15. The minimum atomic E-state index is -1.01. The lowest BCUT2D eigenvalue weighted by molar-refractivity contribution is -0.150. The molecule has 4 heterocycles. The standard InChI is InChI=1S/C22H18N6O5S/c1-27(16-8-19(30)28(22(16)32)15-5-6-17(29)24-21(15)31)10-18-25-20(26-33-18)13-4-2-3-12(7-13)14-9-23-34-11-14/h2-4,7-9,11,15H,5-6,10H2,1H3,(H,24,29,31). The zero-order valence-corrected chi connectivity index (χ0v) is 18.7. The lowest BCUT2D eigenvalue weighted by Gasteiger charge is -2.29. The van der Waals surface area contributed by atoms with Crippen molar-refractivity contribution in [2.75, 3.05) is 7.05 Å². The van der Waals surface area contributed by atoms with Gasteiger partial charge in [0.2, 0.25) is 23.5 Å². The number of hydrogen-bond donors (Lipinski definition) is 1. The summed E-state index contributed by atoms with van der Waals surface area (Å²) >= 11 is 1.37. The molecule has 34 heavy (non-hydrogen) atoms. The van der Waals surface area contributed by atoms with Crippen LogP contribution in [0.15, 0.2) is 52.1 Å². The van der Waals surface area contributed by atoms with Gasteiger partial charge in [-0.15, -0.1) is 0 Å². The molecule has 2 aliphatic rings. The third kappa shape index (κ3) is 3.99. The molecule has 3 aromatic rings. The highest BCUT2D eigenvalue weighted by Gasteiger charge is 2.43. The SMILES string of the molecule is CN(Cc1nc(-c2cccc(-c3cnsc3)c2)no1)C1=CC(=O)N(C2CCC(=O)NC2=O)C1=O. The summed E-state index contributed by atoms with van der Waals surface area (Å²) in [7, 11) is 1.61. The highest BCUT2D eigenvalue weighted by atomic mass is 32.1. The van der Waals surface area contributed by atoms with Crippen LogP contribution in [0.2, 0.25) is 0 Å². The number of likely N-dealkylation sites (N-methyl/N-ethyl adjacent to an activating group) is 1. The van der Waals surface area contributed by atoms with Crippen LogP contribution in [0.5, 0.6) is 0 Å². The molecular weight excluding hydrogens is 460 g/mol. The molecule has 1 fully saturated rings. The second kappa shape index (κ2) is 8.63. The Morgan fingerprint density at radius 3 is 2.79 bits per heavy atom. The molecule has 1 N–H and O–H groups in total. The molecule has 0 radical (unpaired) electrons. The van der Waals surface area contributed by atoms with Gasteiger partial charge in [0.05, 0.1) is 6.54 Å². The lowest BCUT2D eigenvalue weighted by Crippen LogP contribution is -2.54. The number of piperidine rings is 1. The van der Waals surface area contributed by atoms with E-state index in [1.165, 1.54) is 22.5 Å². The van der Waals surface area contributed by atoms with Gasteiger partial charge in [-0.2, -0.15) is 4.98 Å². The van der Waals surface area contributed by atoms with Gasteiger partial charge in [0, 0.05) is 42.2 Å². The maximum absolute atomic E-state index is 12.9. The zero-order valence-electron chi connectivity index (χ0n) is 17.9. The van der Waals surface area contributed by atoms with Gasteiger partial charge in [-0.3, -0.25) is 29.4 Å². The molecule has 1 unspecified atom stereocenters. The van der Waals surface area contributed by atoms with E-state index in [-0.39, 0.29) is 31.0 Å². The molecule has 0 aliphatic carbocycles. The molecular formula is C22H18N6O5S. The number of amides is 4. The fourth-order valence-electron chi connectivity index (χ4n) is 3.88. The van der Waals surface area contributed by atoms with Crippen molar-refractivity contribution in [3.63, 3.8) is 0 Å². The van der Waals surface area contributed by atoms with E-state index in [9.17, 15) is 19.2 Å². The van der Waals surface area contributed by atoms with Crippen LogP contribution in [-0.2, 0) is 25.7 Å². The van der Waals surface area contributed by atoms with Crippen molar-refractivity contribution in [3.05, 3.63) is 53.5 Å². The lowest BCUT2D eigenvalue weighted by atomic mass is 10.0. The predicted molar refractivity (Wildman–Crippen MR) is 118 cm³/mol. The summed E-state index contributed by atoms with van der Waals surface area (Å²) in [6.45, 7) is 0.0786. The Balaban J connectivity index is 1.29. The number of nitrogens with one attached hydrogen (secondary N) is 1. The highest BCUT2D eigenvalue weighted by molar-refractivity contribution is 7.03. The summed E-state index contributed by atoms with van der Waals surface area (Å²) in [6.07, 6.45) is 3.11. The Kier molecular flexibility index (Phi) is 5.49. The molecule has 4 amide bonds. The Hall–Kier alpha value is -4.19. The van der Waals surface area contributed by atoms with Crippen LogP contribution in [0.4, 0.5) is 0 Å². The second-order valence-electron chi connectivity index (χ2n) is 7.87. The van der Waals surface area contributed by atoms with Gasteiger partial charge in [-0.1, -0.05) is 23.4 Å². The van der Waals surface area contributed by atoms with Gasteiger partial charge in [-0.25, -0.2) is 4.37 Å². The number of nitrogens with zero attached hydrogens (tertiary/aromatic N) is 5. The molecule has 11 nitrogen and oxygen atoms in total. The average molecular weight is 478 g/mol. The molecule has 2 aromatic heterocycles. The van der Waals surface area contributed by atoms with Crippen LogP contribution in [0.25, 0.3) is 22.5 Å². The van der Waals surface area contributed by atoms with Gasteiger partial charge in [-0.05, 0) is 29.6 Å². The molecule has 1 aromatic carbocycles. The molecule has 1 atom stereocenters. The van der Waals surface area contributed by atoms with Crippen molar-refractivity contribution in [1.29, 1.82) is 0 Å². The minimum absolute atomic E-state index is 0.0630. The van der Waals surface area contributed by atoms with Crippen molar-refractivity contribution in [3.8, 4) is 22.5 Å². The predicted octanol–water partition coefficient (Wildman–Crippen LogP) is 1.35. The van der Waals surface area contributed by atoms with E-state index >= 15 is 0 Å². The maximum atomic E-state index is 12.9. The summed E-state index contributed by atoms with van der Waals surface area (Å²) in [4.78, 5) is 55.7. The van der Waals surface area contributed by atoms with Gasteiger partial charge in [0.25, 0.3) is 11.8 Å². The first kappa shape index (κ1) is 21.6. The number of benzene rings is 1. The highest BCUT2D eigenvalue weighted by Crippen LogP contribution is 2.27. The minimum Gasteiger partial charge on any atom is -0.361 e. The smallest absolute Gasteiger partial charge is 0.277 e. The van der Waals surface area contributed by atoms with Gasteiger partial charge in [0.15, 0.2) is 0 Å². The fraction of sp³-hybridized carbons (Fsp3) is 0.227. The van der Waals surface area contributed by atoms with E-state index in [4.69, 9.17) is 4.52 Å². The third-order valence-corrected chi connectivity index (χ3v) is 6.18. The molecule has 5 rings (SSSR count). The molecule has 2 aliphatic heterocycles. The largest absolute Gasteiger partial charge is 0.361 e. The van der Waals surface area contributed by atoms with Crippen molar-refractivity contribution in [2.45, 2.75) is 25.4 Å².